The molecule has 1 amide bonds. The molecule has 1 N–H and O–H groups in total. The van der Waals surface area contributed by atoms with Crippen molar-refractivity contribution in [2.45, 2.75) is 31.7 Å². The highest BCUT2D eigenvalue weighted by atomic mass is 16.2. The number of likely N-dealkylation sites (tertiary alicyclic amines) is 1. The van der Waals surface area contributed by atoms with Crippen LogP contribution in [0.2, 0.25) is 0 Å². The lowest BCUT2D eigenvalue weighted by Crippen LogP contribution is -2.46. The molecule has 0 aromatic carbocycles. The van der Waals surface area contributed by atoms with Crippen molar-refractivity contribution in [3.63, 3.8) is 0 Å². The summed E-state index contributed by atoms with van der Waals surface area (Å²) in [4.78, 5) is 13.5. The van der Waals surface area contributed by atoms with Gasteiger partial charge in [0, 0.05) is 18.5 Å². The minimum atomic E-state index is 0.0852. The minimum Gasteiger partial charge on any atom is -0.351 e. The number of nitrogens with one attached hydrogen (secondary N) is 1. The Hall–Kier alpha value is -0.570. The van der Waals surface area contributed by atoms with E-state index in [1.54, 1.807) is 0 Å². The molecule has 3 heteroatoms. The zero-order chi connectivity index (χ0) is 9.47. The Labute approximate surface area is 79.5 Å². The molecule has 2 aliphatic heterocycles. The van der Waals surface area contributed by atoms with Crippen LogP contribution in [-0.2, 0) is 4.79 Å². The van der Waals surface area contributed by atoms with Crippen molar-refractivity contribution >= 4 is 5.91 Å². The van der Waals surface area contributed by atoms with E-state index in [1.165, 1.54) is 13.0 Å². The van der Waals surface area contributed by atoms with Gasteiger partial charge in [-0.1, -0.05) is 0 Å². The first kappa shape index (κ1) is 9.00. The quantitative estimate of drug-likeness (QED) is 0.644. The van der Waals surface area contributed by atoms with Crippen molar-refractivity contribution in [3.8, 4) is 0 Å². The van der Waals surface area contributed by atoms with Gasteiger partial charge in [0.15, 0.2) is 0 Å². The highest BCUT2D eigenvalue weighted by Crippen LogP contribution is 2.33. The smallest absolute Gasteiger partial charge is 0.220 e. The van der Waals surface area contributed by atoms with E-state index in [0.717, 1.165) is 19.4 Å². The Kier molecular flexibility index (Phi) is 2.06. The second-order valence-electron chi connectivity index (χ2n) is 4.71. The molecule has 2 fully saturated rings. The molecule has 0 aliphatic carbocycles. The highest BCUT2D eigenvalue weighted by Gasteiger charge is 2.42. The molecule has 2 atom stereocenters. The van der Waals surface area contributed by atoms with E-state index in [9.17, 15) is 4.79 Å². The van der Waals surface area contributed by atoms with Gasteiger partial charge in [-0.15, -0.1) is 0 Å². The van der Waals surface area contributed by atoms with E-state index in [4.69, 9.17) is 0 Å². The first-order valence-electron chi connectivity index (χ1n) is 5.10. The normalized spacial score (nSPS) is 41.1. The van der Waals surface area contributed by atoms with Crippen LogP contribution < -0.4 is 5.32 Å². The molecule has 2 rings (SSSR count). The molecule has 2 saturated heterocycles. The zero-order valence-electron chi connectivity index (χ0n) is 8.47. The third-order valence-electron chi connectivity index (χ3n) is 3.59. The molecule has 0 aromatic heterocycles. The molecule has 0 saturated carbocycles. The van der Waals surface area contributed by atoms with Gasteiger partial charge in [-0.25, -0.2) is 0 Å². The number of hydrogen-bond donors (Lipinski definition) is 1. The Morgan fingerprint density at radius 3 is 2.85 bits per heavy atom. The van der Waals surface area contributed by atoms with Gasteiger partial charge in [-0.05, 0) is 39.3 Å². The van der Waals surface area contributed by atoms with Crippen molar-refractivity contribution in [1.29, 1.82) is 0 Å². The second-order valence-corrected chi connectivity index (χ2v) is 4.71. The lowest BCUT2D eigenvalue weighted by Gasteiger charge is -2.31. The molecule has 2 unspecified atom stereocenters. The largest absolute Gasteiger partial charge is 0.351 e. The van der Waals surface area contributed by atoms with Crippen LogP contribution in [0, 0.1) is 5.92 Å². The molecule has 3 nitrogen and oxygen atoms in total. The summed E-state index contributed by atoms with van der Waals surface area (Å²) in [6, 6.07) is 0. The number of rotatable bonds is 1. The Morgan fingerprint density at radius 2 is 2.38 bits per heavy atom. The monoisotopic (exact) mass is 182 g/mol. The van der Waals surface area contributed by atoms with Gasteiger partial charge < -0.3 is 10.2 Å². The first-order chi connectivity index (χ1) is 6.10. The lowest BCUT2D eigenvalue weighted by atomic mass is 9.84. The fraction of sp³-hybridized carbons (Fsp3) is 0.900. The van der Waals surface area contributed by atoms with Gasteiger partial charge in [0.2, 0.25) is 5.91 Å². The maximum absolute atomic E-state index is 11.2. The molecule has 0 radical (unpaired) electrons. The molecule has 0 spiro atoms. The van der Waals surface area contributed by atoms with Crippen LogP contribution in [-0.4, -0.2) is 36.5 Å². The van der Waals surface area contributed by atoms with E-state index in [0.29, 0.717) is 5.92 Å². The van der Waals surface area contributed by atoms with Crippen LogP contribution in [0.1, 0.15) is 26.2 Å². The van der Waals surface area contributed by atoms with E-state index >= 15 is 0 Å². The summed E-state index contributed by atoms with van der Waals surface area (Å²) in [6.07, 6.45) is 2.97. The van der Waals surface area contributed by atoms with Crippen LogP contribution in [0.15, 0.2) is 0 Å². The zero-order valence-corrected chi connectivity index (χ0v) is 8.47. The van der Waals surface area contributed by atoms with Crippen LogP contribution in [0.25, 0.3) is 0 Å². The van der Waals surface area contributed by atoms with Crippen molar-refractivity contribution in [2.75, 3.05) is 20.1 Å². The molecule has 74 valence electrons. The Balaban J connectivity index is 2.03. The molecular weight excluding hydrogens is 164 g/mol. The number of hydrogen-bond acceptors (Lipinski definition) is 2. The number of nitrogens with zero attached hydrogens (tertiary/aromatic N) is 1. The summed E-state index contributed by atoms with van der Waals surface area (Å²) >= 11 is 0. The minimum absolute atomic E-state index is 0.0852. The average molecular weight is 182 g/mol. The lowest BCUT2D eigenvalue weighted by molar-refractivity contribution is -0.120. The summed E-state index contributed by atoms with van der Waals surface area (Å²) in [5.41, 5.74) is 0.0852. The molecule has 0 aromatic rings. The predicted molar refractivity (Wildman–Crippen MR) is 51.4 cm³/mol. The number of carbonyl (C=O) groups is 1. The maximum Gasteiger partial charge on any atom is 0.220 e. The summed E-state index contributed by atoms with van der Waals surface area (Å²) in [6.45, 7) is 4.51. The Bertz CT molecular complexity index is 229. The van der Waals surface area contributed by atoms with Gasteiger partial charge in [0.25, 0.3) is 0 Å². The molecule has 13 heavy (non-hydrogen) atoms. The third kappa shape index (κ3) is 1.57. The van der Waals surface area contributed by atoms with Gasteiger partial charge in [-0.3, -0.25) is 4.79 Å². The van der Waals surface area contributed by atoms with Gasteiger partial charge in [0.05, 0.1) is 0 Å². The van der Waals surface area contributed by atoms with Crippen LogP contribution in [0.4, 0.5) is 0 Å². The second kappa shape index (κ2) is 2.98. The summed E-state index contributed by atoms with van der Waals surface area (Å²) < 4.78 is 0. The van der Waals surface area contributed by atoms with E-state index in [-0.39, 0.29) is 11.4 Å². The van der Waals surface area contributed by atoms with E-state index < -0.39 is 0 Å². The van der Waals surface area contributed by atoms with Crippen LogP contribution in [0.3, 0.4) is 0 Å². The summed E-state index contributed by atoms with van der Waals surface area (Å²) in [7, 11) is 2.15. The maximum atomic E-state index is 11.2. The SMILES string of the molecule is CN1CCC(C2(C)CCC(=O)N2)C1. The fourth-order valence-electron chi connectivity index (χ4n) is 2.58. The van der Waals surface area contributed by atoms with Crippen LogP contribution in [0.5, 0.6) is 0 Å². The topological polar surface area (TPSA) is 32.3 Å². The molecular formula is C10H18N2O. The molecule has 0 bridgehead atoms. The Morgan fingerprint density at radius 1 is 1.62 bits per heavy atom. The standard InChI is InChI=1S/C10H18N2O/c1-10(5-3-9(13)11-10)8-4-6-12(2)7-8/h8H,3-7H2,1-2H3,(H,11,13). The van der Waals surface area contributed by atoms with Gasteiger partial charge >= 0.3 is 0 Å². The van der Waals surface area contributed by atoms with Crippen molar-refractivity contribution in [1.82, 2.24) is 10.2 Å². The van der Waals surface area contributed by atoms with Gasteiger partial charge in [0.1, 0.15) is 0 Å². The van der Waals surface area contributed by atoms with Crippen molar-refractivity contribution in [2.24, 2.45) is 5.92 Å². The molecule has 2 heterocycles. The highest BCUT2D eigenvalue weighted by molar-refractivity contribution is 5.79. The average Bonchev–Trinajstić information content (AvgIpc) is 2.60. The predicted octanol–water partition coefficient (Wildman–Crippen LogP) is 0.607. The number of carbonyl (C=O) groups excluding carboxylic acids is 1. The third-order valence-corrected chi connectivity index (χ3v) is 3.59. The molecule has 2 aliphatic rings. The van der Waals surface area contributed by atoms with E-state index in [2.05, 4.69) is 24.2 Å². The van der Waals surface area contributed by atoms with Gasteiger partial charge in [-0.2, -0.15) is 0 Å². The van der Waals surface area contributed by atoms with Crippen LogP contribution >= 0.6 is 0 Å². The first-order valence-corrected chi connectivity index (χ1v) is 5.10. The van der Waals surface area contributed by atoms with Crippen molar-refractivity contribution < 1.29 is 4.79 Å². The summed E-state index contributed by atoms with van der Waals surface area (Å²) in [5, 5.41) is 3.13. The summed E-state index contributed by atoms with van der Waals surface area (Å²) in [5.74, 6) is 0.890. The van der Waals surface area contributed by atoms with Crippen molar-refractivity contribution in [3.05, 3.63) is 0 Å². The number of amides is 1. The fourth-order valence-corrected chi connectivity index (χ4v) is 2.58. The van der Waals surface area contributed by atoms with E-state index in [1.807, 2.05) is 0 Å².